The third kappa shape index (κ3) is 0.923. The van der Waals surface area contributed by atoms with E-state index in [9.17, 15) is 13.0 Å². The van der Waals surface area contributed by atoms with Crippen LogP contribution in [0, 0.1) is 0 Å². The molecular formula is C3H4ClO5S-. The predicted octanol–water partition coefficient (Wildman–Crippen LogP) is -1.18. The maximum absolute atomic E-state index is 10.1. The van der Waals surface area contributed by atoms with Crippen LogP contribution in [0.1, 0.15) is 0 Å². The van der Waals surface area contributed by atoms with E-state index in [1.165, 1.54) is 0 Å². The summed E-state index contributed by atoms with van der Waals surface area (Å²) in [5.74, 6) is 0. The highest BCUT2D eigenvalue weighted by atomic mass is 35.5. The first-order chi connectivity index (χ1) is 4.38. The zero-order chi connectivity index (χ0) is 7.99. The summed E-state index contributed by atoms with van der Waals surface area (Å²) in [7, 11) is -4.86. The van der Waals surface area contributed by atoms with Crippen LogP contribution in [0.3, 0.4) is 0 Å². The smallest absolute Gasteiger partial charge is 0.278 e. The fourth-order valence-corrected chi connectivity index (χ4v) is 1.56. The third-order valence-corrected chi connectivity index (χ3v) is 2.86. The Labute approximate surface area is 62.3 Å². The summed E-state index contributed by atoms with van der Waals surface area (Å²) >= 11 is 5.19. The van der Waals surface area contributed by atoms with Crippen molar-refractivity contribution in [1.29, 1.82) is 0 Å². The number of rotatable bonds is 1. The normalized spacial score (nSPS) is 40.9. The molecule has 10 heavy (non-hydrogen) atoms. The van der Waals surface area contributed by atoms with Crippen LogP contribution in [-0.4, -0.2) is 35.2 Å². The van der Waals surface area contributed by atoms with Gasteiger partial charge in [0.15, 0.2) is 10.1 Å². The van der Waals surface area contributed by atoms with Gasteiger partial charge in [-0.15, -0.1) is 11.6 Å². The SMILES string of the molecule is O=S(=O)([O-])C1(O)OCC1Cl. The summed E-state index contributed by atoms with van der Waals surface area (Å²) in [5.41, 5.74) is 0. The zero-order valence-electron chi connectivity index (χ0n) is 4.65. The summed E-state index contributed by atoms with van der Waals surface area (Å²) in [5, 5.41) is 4.90. The molecule has 7 heteroatoms. The molecule has 0 amide bonds. The molecule has 0 aromatic heterocycles. The number of ether oxygens (including phenoxy) is 1. The largest absolute Gasteiger partial charge is 0.744 e. The van der Waals surface area contributed by atoms with E-state index in [1.807, 2.05) is 0 Å². The molecule has 0 spiro atoms. The first kappa shape index (κ1) is 8.22. The van der Waals surface area contributed by atoms with Gasteiger partial charge in [-0.1, -0.05) is 0 Å². The molecule has 1 aliphatic rings. The molecule has 0 aromatic rings. The van der Waals surface area contributed by atoms with Crippen molar-refractivity contribution in [3.8, 4) is 0 Å². The number of alkyl halides is 1. The molecule has 60 valence electrons. The van der Waals surface area contributed by atoms with Crippen molar-refractivity contribution in [2.45, 2.75) is 10.5 Å². The zero-order valence-corrected chi connectivity index (χ0v) is 6.22. The van der Waals surface area contributed by atoms with Crippen LogP contribution in [0.15, 0.2) is 0 Å². The highest BCUT2D eigenvalue weighted by Crippen LogP contribution is 2.32. The van der Waals surface area contributed by atoms with Crippen LogP contribution in [0.2, 0.25) is 0 Å². The quantitative estimate of drug-likeness (QED) is 0.412. The Morgan fingerprint density at radius 3 is 2.30 bits per heavy atom. The standard InChI is InChI=1S/C3H5ClO5S/c4-2-1-9-3(2,5)10(6,7)8/h2,5H,1H2,(H,6,7,8)/p-1. The number of aliphatic hydroxyl groups is 1. The second-order valence-corrected chi connectivity index (χ2v) is 3.88. The number of hydrogen-bond donors (Lipinski definition) is 1. The highest BCUT2D eigenvalue weighted by Gasteiger charge is 2.52. The Morgan fingerprint density at radius 1 is 1.80 bits per heavy atom. The average Bonchev–Trinajstić information content (AvgIpc) is 1.80. The maximum atomic E-state index is 10.1. The van der Waals surface area contributed by atoms with E-state index in [2.05, 4.69) is 4.74 Å². The summed E-state index contributed by atoms with van der Waals surface area (Å²) < 4.78 is 34.5. The second-order valence-electron chi connectivity index (χ2n) is 1.86. The van der Waals surface area contributed by atoms with Gasteiger partial charge in [0.2, 0.25) is 0 Å². The lowest BCUT2D eigenvalue weighted by Gasteiger charge is -2.41. The van der Waals surface area contributed by atoms with Gasteiger partial charge in [0.25, 0.3) is 5.12 Å². The van der Waals surface area contributed by atoms with Gasteiger partial charge in [0.05, 0.1) is 6.61 Å². The molecule has 1 fully saturated rings. The molecule has 5 nitrogen and oxygen atoms in total. The topological polar surface area (TPSA) is 86.7 Å². The van der Waals surface area contributed by atoms with Crippen LogP contribution < -0.4 is 0 Å². The average molecular weight is 188 g/mol. The van der Waals surface area contributed by atoms with Crippen molar-refractivity contribution in [3.05, 3.63) is 0 Å². The third-order valence-electron chi connectivity index (χ3n) is 1.19. The van der Waals surface area contributed by atoms with E-state index in [1.54, 1.807) is 0 Å². The molecule has 1 heterocycles. The molecule has 0 radical (unpaired) electrons. The van der Waals surface area contributed by atoms with E-state index in [0.29, 0.717) is 0 Å². The number of hydrogen-bond acceptors (Lipinski definition) is 5. The van der Waals surface area contributed by atoms with E-state index < -0.39 is 20.6 Å². The van der Waals surface area contributed by atoms with Crippen LogP contribution in [0.5, 0.6) is 0 Å². The van der Waals surface area contributed by atoms with Gasteiger partial charge in [-0.2, -0.15) is 0 Å². The van der Waals surface area contributed by atoms with Gasteiger partial charge in [0, 0.05) is 0 Å². The van der Waals surface area contributed by atoms with Crippen LogP contribution >= 0.6 is 11.6 Å². The van der Waals surface area contributed by atoms with E-state index in [0.717, 1.165) is 0 Å². The first-order valence-electron chi connectivity index (χ1n) is 2.34. The molecule has 2 unspecified atom stereocenters. The van der Waals surface area contributed by atoms with Gasteiger partial charge in [-0.25, -0.2) is 8.42 Å². The van der Waals surface area contributed by atoms with E-state index >= 15 is 0 Å². The fourth-order valence-electron chi connectivity index (χ4n) is 0.518. The van der Waals surface area contributed by atoms with Crippen molar-refractivity contribution in [3.63, 3.8) is 0 Å². The van der Waals surface area contributed by atoms with Gasteiger partial charge in [-0.05, 0) is 0 Å². The summed E-state index contributed by atoms with van der Waals surface area (Å²) in [6.45, 7) is -0.125. The molecule has 0 bridgehead atoms. The summed E-state index contributed by atoms with van der Waals surface area (Å²) in [6, 6.07) is 0. The minimum absolute atomic E-state index is 0.125. The van der Waals surface area contributed by atoms with Gasteiger partial charge in [-0.3, -0.25) is 0 Å². The van der Waals surface area contributed by atoms with Crippen molar-refractivity contribution in [2.24, 2.45) is 0 Å². The van der Waals surface area contributed by atoms with Crippen molar-refractivity contribution < 1.29 is 22.8 Å². The Morgan fingerprint density at radius 2 is 2.30 bits per heavy atom. The van der Waals surface area contributed by atoms with Gasteiger partial charge in [0.1, 0.15) is 5.38 Å². The number of halogens is 1. The minimum Gasteiger partial charge on any atom is -0.744 e. The van der Waals surface area contributed by atoms with Crippen LogP contribution in [-0.2, 0) is 14.9 Å². The van der Waals surface area contributed by atoms with Crippen molar-refractivity contribution in [1.82, 2.24) is 0 Å². The molecule has 1 aliphatic heterocycles. The molecule has 2 atom stereocenters. The lowest BCUT2D eigenvalue weighted by molar-refractivity contribution is -0.218. The molecule has 1 N–H and O–H groups in total. The lowest BCUT2D eigenvalue weighted by Crippen LogP contribution is -2.60. The van der Waals surface area contributed by atoms with Gasteiger partial charge >= 0.3 is 0 Å². The fraction of sp³-hybridized carbons (Fsp3) is 1.00. The van der Waals surface area contributed by atoms with Gasteiger partial charge < -0.3 is 14.4 Å². The summed E-state index contributed by atoms with van der Waals surface area (Å²) in [4.78, 5) is 0. The Bertz CT molecular complexity index is 235. The molecule has 1 saturated heterocycles. The predicted molar refractivity (Wildman–Crippen MR) is 30.2 cm³/mol. The second kappa shape index (κ2) is 2.05. The Kier molecular flexibility index (Phi) is 1.69. The molecular weight excluding hydrogens is 184 g/mol. The minimum atomic E-state index is -4.86. The Balaban J connectivity index is 2.91. The molecule has 1 rings (SSSR count). The highest BCUT2D eigenvalue weighted by molar-refractivity contribution is 7.87. The monoisotopic (exact) mass is 187 g/mol. The Hall–Kier alpha value is 0.120. The van der Waals surface area contributed by atoms with Crippen molar-refractivity contribution in [2.75, 3.05) is 6.61 Å². The lowest BCUT2D eigenvalue weighted by atomic mass is 10.3. The summed E-state index contributed by atoms with van der Waals surface area (Å²) in [6.07, 6.45) is 0. The van der Waals surface area contributed by atoms with Crippen LogP contribution in [0.25, 0.3) is 0 Å². The van der Waals surface area contributed by atoms with E-state index in [4.69, 9.17) is 16.7 Å². The molecule has 0 saturated carbocycles. The molecule has 0 aromatic carbocycles. The first-order valence-corrected chi connectivity index (χ1v) is 4.18. The maximum Gasteiger partial charge on any atom is 0.278 e. The van der Waals surface area contributed by atoms with Crippen LogP contribution in [0.4, 0.5) is 0 Å². The van der Waals surface area contributed by atoms with E-state index in [-0.39, 0.29) is 6.61 Å². The molecule has 0 aliphatic carbocycles. The van der Waals surface area contributed by atoms with Crippen molar-refractivity contribution >= 4 is 21.7 Å².